The summed E-state index contributed by atoms with van der Waals surface area (Å²) in [7, 11) is 1.54. The molecular formula is C25H32N4O7. The van der Waals surface area contributed by atoms with Crippen molar-refractivity contribution >= 4 is 46.1 Å². The molecule has 0 saturated heterocycles. The SMILES string of the molecule is COc1cc(NC(=O)[C@H](C)NC(=O)[C@H](C)NC(=O)[C@@H](C)NC(=O)CCCC(=O)O)cc2ccccc12. The van der Waals surface area contributed by atoms with E-state index in [1.807, 2.05) is 24.3 Å². The third-order valence-electron chi connectivity index (χ3n) is 5.38. The number of ether oxygens (including phenoxy) is 1. The normalized spacial score (nSPS) is 13.1. The molecular weight excluding hydrogens is 468 g/mol. The minimum Gasteiger partial charge on any atom is -0.496 e. The lowest BCUT2D eigenvalue weighted by atomic mass is 10.1. The van der Waals surface area contributed by atoms with E-state index in [4.69, 9.17) is 9.84 Å². The molecule has 0 fully saturated rings. The standard InChI is InChI=1S/C25H32N4O7/c1-14(26-21(30)10-7-11-22(31)32)23(33)27-15(2)24(34)28-16(3)25(35)29-18-12-17-8-5-6-9-19(17)20(13-18)36-4/h5-6,8-9,12-16H,7,10-11H2,1-4H3,(H,26,30)(H,27,33)(H,28,34)(H,29,35)(H,31,32)/t14-,15+,16+/m1/s1. The third kappa shape index (κ3) is 8.26. The summed E-state index contributed by atoms with van der Waals surface area (Å²) in [6.45, 7) is 4.41. The summed E-state index contributed by atoms with van der Waals surface area (Å²) in [5, 5.41) is 20.6. The minimum absolute atomic E-state index is 0.0321. The van der Waals surface area contributed by atoms with Gasteiger partial charge in [0.2, 0.25) is 23.6 Å². The first-order valence-electron chi connectivity index (χ1n) is 11.5. The van der Waals surface area contributed by atoms with Gasteiger partial charge in [-0.2, -0.15) is 0 Å². The van der Waals surface area contributed by atoms with Crippen molar-refractivity contribution in [2.24, 2.45) is 0 Å². The van der Waals surface area contributed by atoms with Crippen molar-refractivity contribution in [3.8, 4) is 5.75 Å². The number of carboxylic acids is 1. The molecule has 3 atom stereocenters. The second kappa shape index (κ2) is 13.1. The highest BCUT2D eigenvalue weighted by Crippen LogP contribution is 2.29. The zero-order valence-electron chi connectivity index (χ0n) is 20.7. The number of amides is 4. The van der Waals surface area contributed by atoms with Gasteiger partial charge in [0, 0.05) is 30.0 Å². The predicted molar refractivity (Wildman–Crippen MR) is 133 cm³/mol. The number of aliphatic carboxylic acids is 1. The molecule has 194 valence electrons. The average Bonchev–Trinajstić information content (AvgIpc) is 2.82. The van der Waals surface area contributed by atoms with E-state index in [2.05, 4.69) is 21.3 Å². The number of hydrogen-bond acceptors (Lipinski definition) is 6. The Morgan fingerprint density at radius 1 is 0.833 bits per heavy atom. The van der Waals surface area contributed by atoms with E-state index in [9.17, 15) is 24.0 Å². The topological polar surface area (TPSA) is 163 Å². The van der Waals surface area contributed by atoms with Crippen molar-refractivity contribution in [2.45, 2.75) is 58.2 Å². The molecule has 2 rings (SSSR count). The number of carbonyl (C=O) groups is 5. The van der Waals surface area contributed by atoms with E-state index < -0.39 is 47.7 Å². The van der Waals surface area contributed by atoms with Crippen molar-refractivity contribution in [2.75, 3.05) is 12.4 Å². The lowest BCUT2D eigenvalue weighted by molar-refractivity contribution is -0.137. The minimum atomic E-state index is -1.01. The fraction of sp³-hybridized carbons (Fsp3) is 0.400. The van der Waals surface area contributed by atoms with E-state index in [-0.39, 0.29) is 19.3 Å². The van der Waals surface area contributed by atoms with Crippen LogP contribution in [0.25, 0.3) is 10.8 Å². The molecule has 0 bridgehead atoms. The summed E-state index contributed by atoms with van der Waals surface area (Å²) < 4.78 is 5.40. The van der Waals surface area contributed by atoms with Crippen molar-refractivity contribution < 1.29 is 33.8 Å². The lowest BCUT2D eigenvalue weighted by Gasteiger charge is -2.20. The largest absolute Gasteiger partial charge is 0.496 e. The summed E-state index contributed by atoms with van der Waals surface area (Å²) in [6, 6.07) is 8.24. The molecule has 0 aliphatic rings. The number of carboxylic acid groups (broad SMARTS) is 1. The van der Waals surface area contributed by atoms with Crippen LogP contribution in [0.15, 0.2) is 36.4 Å². The van der Waals surface area contributed by atoms with Crippen molar-refractivity contribution in [1.82, 2.24) is 16.0 Å². The molecule has 0 aromatic heterocycles. The summed E-state index contributed by atoms with van der Waals surface area (Å²) in [6.07, 6.45) is -0.0265. The maximum Gasteiger partial charge on any atom is 0.303 e. The highest BCUT2D eigenvalue weighted by Gasteiger charge is 2.24. The first-order valence-corrected chi connectivity index (χ1v) is 11.5. The van der Waals surface area contributed by atoms with Crippen molar-refractivity contribution in [3.63, 3.8) is 0 Å². The van der Waals surface area contributed by atoms with Gasteiger partial charge in [-0.05, 0) is 38.6 Å². The van der Waals surface area contributed by atoms with Gasteiger partial charge >= 0.3 is 5.97 Å². The summed E-state index contributed by atoms with van der Waals surface area (Å²) in [5.41, 5.74) is 0.505. The monoisotopic (exact) mass is 500 g/mol. The van der Waals surface area contributed by atoms with Gasteiger partial charge in [0.25, 0.3) is 0 Å². The molecule has 0 aliphatic heterocycles. The Morgan fingerprint density at radius 3 is 2.03 bits per heavy atom. The van der Waals surface area contributed by atoms with Gasteiger partial charge in [-0.25, -0.2) is 0 Å². The number of carbonyl (C=O) groups excluding carboxylic acids is 4. The van der Waals surface area contributed by atoms with Crippen LogP contribution in [-0.4, -0.2) is 59.9 Å². The van der Waals surface area contributed by atoms with Crippen LogP contribution in [-0.2, 0) is 24.0 Å². The Labute approximate surface area is 209 Å². The number of nitrogens with one attached hydrogen (secondary N) is 4. The van der Waals surface area contributed by atoms with Crippen molar-refractivity contribution in [3.05, 3.63) is 36.4 Å². The number of hydrogen-bond donors (Lipinski definition) is 5. The molecule has 11 nitrogen and oxygen atoms in total. The van der Waals surface area contributed by atoms with Gasteiger partial charge in [-0.3, -0.25) is 24.0 Å². The van der Waals surface area contributed by atoms with E-state index in [1.165, 1.54) is 27.9 Å². The molecule has 0 radical (unpaired) electrons. The Morgan fingerprint density at radius 2 is 1.42 bits per heavy atom. The predicted octanol–water partition coefficient (Wildman–Crippen LogP) is 1.56. The van der Waals surface area contributed by atoms with Crippen LogP contribution in [0.2, 0.25) is 0 Å². The van der Waals surface area contributed by atoms with Crippen LogP contribution in [0.3, 0.4) is 0 Å². The van der Waals surface area contributed by atoms with Crippen LogP contribution in [0, 0.1) is 0 Å². The van der Waals surface area contributed by atoms with Gasteiger partial charge in [0.1, 0.15) is 23.9 Å². The number of anilines is 1. The Kier molecular flexibility index (Phi) is 10.2. The molecule has 4 amide bonds. The first kappa shape index (κ1) is 28.1. The fourth-order valence-electron chi connectivity index (χ4n) is 3.35. The molecule has 5 N–H and O–H groups in total. The van der Waals surface area contributed by atoms with E-state index in [0.717, 1.165) is 10.8 Å². The van der Waals surface area contributed by atoms with Crippen LogP contribution < -0.4 is 26.0 Å². The average molecular weight is 501 g/mol. The molecule has 11 heteroatoms. The maximum absolute atomic E-state index is 12.6. The number of methoxy groups -OCH3 is 1. The zero-order chi connectivity index (χ0) is 26.8. The Balaban J connectivity index is 1.87. The third-order valence-corrected chi connectivity index (χ3v) is 5.38. The Bertz CT molecular complexity index is 1130. The van der Waals surface area contributed by atoms with E-state index in [1.54, 1.807) is 12.1 Å². The highest BCUT2D eigenvalue weighted by molar-refractivity contribution is 6.01. The Hall–Kier alpha value is -4.15. The van der Waals surface area contributed by atoms with Crippen LogP contribution in [0.5, 0.6) is 5.75 Å². The van der Waals surface area contributed by atoms with Gasteiger partial charge in [0.05, 0.1) is 7.11 Å². The molecule has 2 aromatic carbocycles. The molecule has 0 aliphatic carbocycles. The number of benzene rings is 2. The van der Waals surface area contributed by atoms with Crippen LogP contribution >= 0.6 is 0 Å². The van der Waals surface area contributed by atoms with E-state index >= 15 is 0 Å². The van der Waals surface area contributed by atoms with Gasteiger partial charge in [-0.15, -0.1) is 0 Å². The summed E-state index contributed by atoms with van der Waals surface area (Å²) >= 11 is 0. The smallest absolute Gasteiger partial charge is 0.303 e. The quantitative estimate of drug-likeness (QED) is 0.295. The number of fused-ring (bicyclic) bond motifs is 1. The molecule has 0 heterocycles. The summed E-state index contributed by atoms with van der Waals surface area (Å²) in [4.78, 5) is 59.8. The first-order chi connectivity index (χ1) is 17.0. The zero-order valence-corrected chi connectivity index (χ0v) is 20.7. The van der Waals surface area contributed by atoms with Crippen LogP contribution in [0.4, 0.5) is 5.69 Å². The fourth-order valence-corrected chi connectivity index (χ4v) is 3.35. The second-order valence-corrected chi connectivity index (χ2v) is 8.39. The second-order valence-electron chi connectivity index (χ2n) is 8.39. The molecule has 0 spiro atoms. The van der Waals surface area contributed by atoms with Crippen LogP contribution in [0.1, 0.15) is 40.0 Å². The molecule has 0 saturated carbocycles. The lowest BCUT2D eigenvalue weighted by Crippen LogP contribution is -2.54. The number of rotatable bonds is 12. The maximum atomic E-state index is 12.6. The molecule has 36 heavy (non-hydrogen) atoms. The summed E-state index contributed by atoms with van der Waals surface area (Å²) in [5.74, 6) is -2.51. The van der Waals surface area contributed by atoms with Gasteiger partial charge in [-0.1, -0.05) is 24.3 Å². The van der Waals surface area contributed by atoms with E-state index in [0.29, 0.717) is 11.4 Å². The molecule has 2 aromatic rings. The van der Waals surface area contributed by atoms with Gasteiger partial charge < -0.3 is 31.1 Å². The molecule has 0 unspecified atom stereocenters. The van der Waals surface area contributed by atoms with Crippen molar-refractivity contribution in [1.29, 1.82) is 0 Å². The van der Waals surface area contributed by atoms with Gasteiger partial charge in [0.15, 0.2) is 0 Å². The highest BCUT2D eigenvalue weighted by atomic mass is 16.5.